The Morgan fingerprint density at radius 1 is 1.36 bits per heavy atom. The van der Waals surface area contributed by atoms with Crippen molar-refractivity contribution in [1.82, 2.24) is 4.98 Å². The summed E-state index contributed by atoms with van der Waals surface area (Å²) in [6, 6.07) is 9.65. The number of methoxy groups -OCH3 is 1. The van der Waals surface area contributed by atoms with Gasteiger partial charge in [-0.3, -0.25) is 0 Å². The van der Waals surface area contributed by atoms with E-state index in [1.54, 1.807) is 7.11 Å². The number of oxazole rings is 1. The van der Waals surface area contributed by atoms with Crippen molar-refractivity contribution in [2.24, 2.45) is 5.92 Å². The summed E-state index contributed by atoms with van der Waals surface area (Å²) in [7, 11) is 1.62. The Labute approximate surface area is 130 Å². The molecular weight excluding hydrogens is 278 g/mol. The number of ether oxygens (including phenoxy) is 1. The molecular formula is C17H19N3O2. The third-order valence-electron chi connectivity index (χ3n) is 4.10. The Morgan fingerprint density at radius 2 is 2.14 bits per heavy atom. The molecule has 5 nitrogen and oxygen atoms in total. The minimum atomic E-state index is 0.354. The molecule has 0 N–H and O–H groups in total. The normalized spacial score (nSPS) is 15.6. The van der Waals surface area contributed by atoms with Gasteiger partial charge < -0.3 is 14.1 Å². The maximum absolute atomic E-state index is 9.34. The van der Waals surface area contributed by atoms with Crippen LogP contribution in [-0.2, 0) is 0 Å². The van der Waals surface area contributed by atoms with Gasteiger partial charge in [0, 0.05) is 18.7 Å². The number of rotatable bonds is 3. The monoisotopic (exact) mass is 297 g/mol. The number of aromatic nitrogens is 1. The molecule has 2 heterocycles. The van der Waals surface area contributed by atoms with E-state index in [4.69, 9.17) is 9.15 Å². The van der Waals surface area contributed by atoms with E-state index in [1.807, 2.05) is 24.3 Å². The molecule has 0 bridgehead atoms. The van der Waals surface area contributed by atoms with Gasteiger partial charge in [0.15, 0.2) is 0 Å². The van der Waals surface area contributed by atoms with Crippen molar-refractivity contribution < 1.29 is 9.15 Å². The van der Waals surface area contributed by atoms with Gasteiger partial charge in [0.05, 0.1) is 7.11 Å². The molecule has 114 valence electrons. The predicted molar refractivity (Wildman–Crippen MR) is 83.8 cm³/mol. The van der Waals surface area contributed by atoms with E-state index < -0.39 is 0 Å². The van der Waals surface area contributed by atoms with Crippen LogP contribution in [0, 0.1) is 17.2 Å². The number of nitriles is 1. The maximum atomic E-state index is 9.34. The van der Waals surface area contributed by atoms with E-state index in [2.05, 4.69) is 22.9 Å². The SMILES string of the molecule is COc1cccc(-c2nc(C#N)c(N3CCC(C)CC3)o2)c1. The van der Waals surface area contributed by atoms with Gasteiger partial charge in [-0.2, -0.15) is 10.2 Å². The average molecular weight is 297 g/mol. The molecule has 0 aliphatic carbocycles. The lowest BCUT2D eigenvalue weighted by molar-refractivity contribution is 0.413. The molecule has 1 aliphatic heterocycles. The zero-order chi connectivity index (χ0) is 15.5. The Kier molecular flexibility index (Phi) is 4.01. The van der Waals surface area contributed by atoms with Crippen LogP contribution in [0.4, 0.5) is 5.88 Å². The van der Waals surface area contributed by atoms with Gasteiger partial charge in [0.2, 0.25) is 17.5 Å². The molecule has 1 aliphatic rings. The maximum Gasteiger partial charge on any atom is 0.235 e. The molecule has 1 aromatic heterocycles. The summed E-state index contributed by atoms with van der Waals surface area (Å²) in [5.74, 6) is 2.52. The van der Waals surface area contributed by atoms with E-state index in [9.17, 15) is 5.26 Å². The fourth-order valence-electron chi connectivity index (χ4n) is 2.69. The highest BCUT2D eigenvalue weighted by atomic mass is 16.5. The van der Waals surface area contributed by atoms with E-state index in [0.29, 0.717) is 17.5 Å². The first-order valence-electron chi connectivity index (χ1n) is 7.51. The third-order valence-corrected chi connectivity index (χ3v) is 4.10. The summed E-state index contributed by atoms with van der Waals surface area (Å²) >= 11 is 0. The van der Waals surface area contributed by atoms with Crippen molar-refractivity contribution in [3.05, 3.63) is 30.0 Å². The fraction of sp³-hybridized carbons (Fsp3) is 0.412. The lowest BCUT2D eigenvalue weighted by atomic mass is 9.99. The summed E-state index contributed by atoms with van der Waals surface area (Å²) in [5, 5.41) is 9.34. The number of piperidine rings is 1. The third kappa shape index (κ3) is 2.77. The Hall–Kier alpha value is -2.48. The molecule has 0 saturated carbocycles. The standard InChI is InChI=1S/C17H19N3O2/c1-12-6-8-20(9-7-12)17-15(11-18)19-16(22-17)13-4-3-5-14(10-13)21-2/h3-5,10,12H,6-9H2,1-2H3. The Morgan fingerprint density at radius 3 is 2.82 bits per heavy atom. The van der Waals surface area contributed by atoms with Gasteiger partial charge in [0.1, 0.15) is 11.8 Å². The minimum absolute atomic E-state index is 0.354. The van der Waals surface area contributed by atoms with E-state index in [1.165, 1.54) is 0 Å². The highest BCUT2D eigenvalue weighted by Crippen LogP contribution is 2.31. The largest absolute Gasteiger partial charge is 0.497 e. The number of anilines is 1. The number of benzene rings is 1. The fourth-order valence-corrected chi connectivity index (χ4v) is 2.69. The van der Waals surface area contributed by atoms with Gasteiger partial charge in [0.25, 0.3) is 0 Å². The van der Waals surface area contributed by atoms with Crippen LogP contribution in [0.3, 0.4) is 0 Å². The molecule has 0 unspecified atom stereocenters. The van der Waals surface area contributed by atoms with Gasteiger partial charge in [-0.15, -0.1) is 0 Å². The van der Waals surface area contributed by atoms with Crippen molar-refractivity contribution in [3.8, 4) is 23.3 Å². The summed E-state index contributed by atoms with van der Waals surface area (Å²) < 4.78 is 11.1. The van der Waals surface area contributed by atoms with E-state index in [0.717, 1.165) is 43.2 Å². The summed E-state index contributed by atoms with van der Waals surface area (Å²) in [6.07, 6.45) is 2.22. The molecule has 5 heteroatoms. The highest BCUT2D eigenvalue weighted by Gasteiger charge is 2.24. The summed E-state index contributed by atoms with van der Waals surface area (Å²) in [5.41, 5.74) is 1.17. The second-order valence-corrected chi connectivity index (χ2v) is 5.69. The molecule has 22 heavy (non-hydrogen) atoms. The smallest absolute Gasteiger partial charge is 0.235 e. The van der Waals surface area contributed by atoms with Crippen LogP contribution in [0.25, 0.3) is 11.5 Å². The average Bonchev–Trinajstić information content (AvgIpc) is 3.00. The topological polar surface area (TPSA) is 62.3 Å². The lowest BCUT2D eigenvalue weighted by Gasteiger charge is -2.29. The second kappa shape index (κ2) is 6.10. The summed E-state index contributed by atoms with van der Waals surface area (Å²) in [6.45, 7) is 4.07. The van der Waals surface area contributed by atoms with Crippen LogP contribution in [0.1, 0.15) is 25.5 Å². The molecule has 0 atom stereocenters. The van der Waals surface area contributed by atoms with Gasteiger partial charge >= 0.3 is 0 Å². The molecule has 0 spiro atoms. The molecule has 3 rings (SSSR count). The lowest BCUT2D eigenvalue weighted by Crippen LogP contribution is -2.32. The van der Waals surface area contributed by atoms with Gasteiger partial charge in [-0.05, 0) is 37.0 Å². The van der Waals surface area contributed by atoms with Crippen LogP contribution < -0.4 is 9.64 Å². The van der Waals surface area contributed by atoms with Crippen molar-refractivity contribution >= 4 is 5.88 Å². The van der Waals surface area contributed by atoms with Crippen molar-refractivity contribution in [3.63, 3.8) is 0 Å². The first-order chi connectivity index (χ1) is 10.7. The van der Waals surface area contributed by atoms with Gasteiger partial charge in [-0.25, -0.2) is 0 Å². The number of hydrogen-bond donors (Lipinski definition) is 0. The zero-order valence-electron chi connectivity index (χ0n) is 12.9. The van der Waals surface area contributed by atoms with Crippen LogP contribution in [-0.4, -0.2) is 25.2 Å². The Bertz CT molecular complexity index is 694. The van der Waals surface area contributed by atoms with Crippen molar-refractivity contribution in [2.75, 3.05) is 25.1 Å². The highest BCUT2D eigenvalue weighted by molar-refractivity contribution is 5.61. The van der Waals surface area contributed by atoms with Gasteiger partial charge in [-0.1, -0.05) is 13.0 Å². The molecule has 0 radical (unpaired) electrons. The molecule has 1 aromatic carbocycles. The molecule has 1 saturated heterocycles. The Balaban J connectivity index is 1.93. The molecule has 0 amide bonds. The van der Waals surface area contributed by atoms with Crippen LogP contribution in [0.2, 0.25) is 0 Å². The zero-order valence-corrected chi connectivity index (χ0v) is 12.9. The van der Waals surface area contributed by atoms with Crippen LogP contribution >= 0.6 is 0 Å². The first kappa shape index (κ1) is 14.5. The van der Waals surface area contributed by atoms with Crippen LogP contribution in [0.15, 0.2) is 28.7 Å². The number of hydrogen-bond acceptors (Lipinski definition) is 5. The molecule has 1 fully saturated rings. The van der Waals surface area contributed by atoms with Crippen LogP contribution in [0.5, 0.6) is 5.75 Å². The first-order valence-corrected chi connectivity index (χ1v) is 7.51. The minimum Gasteiger partial charge on any atom is -0.497 e. The van der Waals surface area contributed by atoms with Crippen molar-refractivity contribution in [2.45, 2.75) is 19.8 Å². The van der Waals surface area contributed by atoms with E-state index >= 15 is 0 Å². The van der Waals surface area contributed by atoms with E-state index in [-0.39, 0.29) is 0 Å². The van der Waals surface area contributed by atoms with Crippen molar-refractivity contribution in [1.29, 1.82) is 5.26 Å². The number of nitrogens with zero attached hydrogens (tertiary/aromatic N) is 3. The second-order valence-electron chi connectivity index (χ2n) is 5.69. The summed E-state index contributed by atoms with van der Waals surface area (Å²) in [4.78, 5) is 6.46. The quantitative estimate of drug-likeness (QED) is 0.868. The predicted octanol–water partition coefficient (Wildman–Crippen LogP) is 3.46. The molecule has 2 aromatic rings.